The highest BCUT2D eigenvalue weighted by Crippen LogP contribution is 2.32. The average molecular weight is 484 g/mol. The van der Waals surface area contributed by atoms with Gasteiger partial charge in [0.15, 0.2) is 0 Å². The lowest BCUT2D eigenvalue weighted by molar-refractivity contribution is -0.111. The van der Waals surface area contributed by atoms with E-state index in [4.69, 9.17) is 16.3 Å². The number of nitrogens with one attached hydrogen (secondary N) is 2. The Kier molecular flexibility index (Phi) is 7.72. The summed E-state index contributed by atoms with van der Waals surface area (Å²) in [5.74, 6) is 0.217. The SMILES string of the molecule is CN(C)C/C=C/C(=O)Nc1cc2c(Nc3ccc(F)c(Cl)c3)ncnc2cc1CC1CCOC1. The number of carbonyl (C=O) groups excluding carboxylic acids is 1. The molecule has 1 saturated heterocycles. The van der Waals surface area contributed by atoms with Crippen LogP contribution in [0, 0.1) is 11.7 Å². The molecule has 0 saturated carbocycles. The molecule has 4 rings (SSSR count). The molecule has 1 aliphatic heterocycles. The zero-order valence-corrected chi connectivity index (χ0v) is 19.9. The molecule has 2 heterocycles. The number of aromatic nitrogens is 2. The van der Waals surface area contributed by atoms with E-state index in [0.717, 1.165) is 35.9 Å². The number of carbonyl (C=O) groups is 1. The zero-order chi connectivity index (χ0) is 24.1. The first-order valence-corrected chi connectivity index (χ1v) is 11.5. The summed E-state index contributed by atoms with van der Waals surface area (Å²) in [4.78, 5) is 23.4. The molecule has 0 bridgehead atoms. The number of likely N-dealkylation sites (N-methyl/N-ethyl adjacent to an activating group) is 1. The molecule has 9 heteroatoms. The summed E-state index contributed by atoms with van der Waals surface area (Å²) in [5, 5.41) is 6.94. The minimum atomic E-state index is -0.493. The molecule has 0 spiro atoms. The van der Waals surface area contributed by atoms with E-state index >= 15 is 0 Å². The predicted octanol–water partition coefficient (Wildman–Crippen LogP) is 4.80. The van der Waals surface area contributed by atoms with Crippen molar-refractivity contribution in [2.45, 2.75) is 12.8 Å². The molecular formula is C25H27ClFN5O2. The predicted molar refractivity (Wildman–Crippen MR) is 133 cm³/mol. The highest BCUT2D eigenvalue weighted by molar-refractivity contribution is 6.31. The number of ether oxygens (including phenoxy) is 1. The van der Waals surface area contributed by atoms with Crippen molar-refractivity contribution in [2.75, 3.05) is 44.5 Å². The fraction of sp³-hybridized carbons (Fsp3) is 0.320. The number of benzene rings is 2. The van der Waals surface area contributed by atoms with E-state index in [2.05, 4.69) is 20.6 Å². The van der Waals surface area contributed by atoms with Crippen LogP contribution in [0.25, 0.3) is 10.9 Å². The van der Waals surface area contributed by atoms with E-state index in [1.165, 1.54) is 24.5 Å². The largest absolute Gasteiger partial charge is 0.381 e. The standard InChI is InChI=1S/C25H27ClFN5O2/c1-32(2)8-3-4-24(33)31-22-13-19-23(11-17(22)10-16-7-9-34-14-16)28-15-29-25(19)30-18-5-6-21(27)20(26)12-18/h3-6,11-13,15-16H,7-10,14H2,1-2H3,(H,31,33)(H,28,29,30)/b4-3+. The molecule has 0 radical (unpaired) electrons. The molecule has 2 aromatic carbocycles. The van der Waals surface area contributed by atoms with E-state index in [-0.39, 0.29) is 10.9 Å². The number of fused-ring (bicyclic) bond motifs is 1. The highest BCUT2D eigenvalue weighted by atomic mass is 35.5. The van der Waals surface area contributed by atoms with Crippen LogP contribution in [0.3, 0.4) is 0 Å². The second-order valence-electron chi connectivity index (χ2n) is 8.59. The zero-order valence-electron chi connectivity index (χ0n) is 19.1. The maximum Gasteiger partial charge on any atom is 0.248 e. The molecule has 1 amide bonds. The Balaban J connectivity index is 1.68. The average Bonchev–Trinajstić information content (AvgIpc) is 3.30. The van der Waals surface area contributed by atoms with Crippen molar-refractivity contribution in [3.05, 3.63) is 65.2 Å². The van der Waals surface area contributed by atoms with Crippen molar-refractivity contribution in [3.8, 4) is 0 Å². The van der Waals surface area contributed by atoms with Gasteiger partial charge >= 0.3 is 0 Å². The van der Waals surface area contributed by atoms with E-state index in [9.17, 15) is 9.18 Å². The monoisotopic (exact) mass is 483 g/mol. The number of amides is 1. The van der Waals surface area contributed by atoms with Crippen LogP contribution in [-0.4, -0.2) is 54.6 Å². The number of hydrogen-bond acceptors (Lipinski definition) is 6. The van der Waals surface area contributed by atoms with Crippen molar-refractivity contribution in [3.63, 3.8) is 0 Å². The quantitative estimate of drug-likeness (QED) is 0.448. The van der Waals surface area contributed by atoms with E-state index in [0.29, 0.717) is 36.3 Å². The molecule has 3 aromatic rings. The van der Waals surface area contributed by atoms with Crippen LogP contribution in [0.15, 0.2) is 48.8 Å². The molecule has 1 aliphatic rings. The topological polar surface area (TPSA) is 79.4 Å². The first kappa shape index (κ1) is 24.1. The molecule has 0 aliphatic carbocycles. The van der Waals surface area contributed by atoms with Gasteiger partial charge in [-0.3, -0.25) is 4.79 Å². The lowest BCUT2D eigenvalue weighted by Crippen LogP contribution is -2.14. The molecule has 1 aromatic heterocycles. The van der Waals surface area contributed by atoms with Crippen LogP contribution in [0.2, 0.25) is 5.02 Å². The molecule has 7 nitrogen and oxygen atoms in total. The van der Waals surface area contributed by atoms with Gasteiger partial charge in [-0.25, -0.2) is 14.4 Å². The molecule has 2 N–H and O–H groups in total. The fourth-order valence-electron chi connectivity index (χ4n) is 3.84. The fourth-order valence-corrected chi connectivity index (χ4v) is 4.02. The van der Waals surface area contributed by atoms with Gasteiger partial charge in [0.05, 0.1) is 10.5 Å². The Morgan fingerprint density at radius 2 is 2.15 bits per heavy atom. The van der Waals surface area contributed by atoms with Gasteiger partial charge in [0.2, 0.25) is 5.91 Å². The van der Waals surface area contributed by atoms with Gasteiger partial charge in [0, 0.05) is 42.6 Å². The van der Waals surface area contributed by atoms with Gasteiger partial charge < -0.3 is 20.3 Å². The van der Waals surface area contributed by atoms with Crippen LogP contribution >= 0.6 is 11.6 Å². The van der Waals surface area contributed by atoms with Crippen molar-refractivity contribution in [2.24, 2.45) is 5.92 Å². The van der Waals surface area contributed by atoms with Crippen LogP contribution in [0.1, 0.15) is 12.0 Å². The van der Waals surface area contributed by atoms with Gasteiger partial charge in [-0.05, 0) is 68.8 Å². The van der Waals surface area contributed by atoms with Crippen LogP contribution in [0.4, 0.5) is 21.6 Å². The summed E-state index contributed by atoms with van der Waals surface area (Å²) >= 11 is 5.93. The molecular weight excluding hydrogens is 457 g/mol. The maximum atomic E-state index is 13.6. The molecule has 34 heavy (non-hydrogen) atoms. The van der Waals surface area contributed by atoms with Gasteiger partial charge in [-0.2, -0.15) is 0 Å². The summed E-state index contributed by atoms with van der Waals surface area (Å²) < 4.78 is 19.1. The Morgan fingerprint density at radius 3 is 2.88 bits per heavy atom. The van der Waals surface area contributed by atoms with Crippen LogP contribution < -0.4 is 10.6 Å². The number of anilines is 3. The molecule has 1 unspecified atom stereocenters. The van der Waals surface area contributed by atoms with Crippen molar-refractivity contribution >= 4 is 45.6 Å². The third-order valence-electron chi connectivity index (χ3n) is 5.57. The van der Waals surface area contributed by atoms with Gasteiger partial charge in [0.25, 0.3) is 0 Å². The smallest absolute Gasteiger partial charge is 0.248 e. The highest BCUT2D eigenvalue weighted by Gasteiger charge is 2.20. The van der Waals surface area contributed by atoms with Gasteiger partial charge in [-0.15, -0.1) is 0 Å². The molecule has 1 atom stereocenters. The van der Waals surface area contributed by atoms with Crippen LogP contribution in [-0.2, 0) is 16.0 Å². The normalized spacial score (nSPS) is 16.0. The second-order valence-corrected chi connectivity index (χ2v) is 9.00. The second kappa shape index (κ2) is 10.9. The van der Waals surface area contributed by atoms with Gasteiger partial charge in [-0.1, -0.05) is 17.7 Å². The Hall–Kier alpha value is -3.07. The number of halogens is 2. The minimum Gasteiger partial charge on any atom is -0.381 e. The lowest BCUT2D eigenvalue weighted by Gasteiger charge is -2.16. The van der Waals surface area contributed by atoms with Crippen molar-refractivity contribution in [1.82, 2.24) is 14.9 Å². The van der Waals surface area contributed by atoms with Crippen molar-refractivity contribution < 1.29 is 13.9 Å². The number of hydrogen-bond donors (Lipinski definition) is 2. The molecule has 178 valence electrons. The van der Waals surface area contributed by atoms with Gasteiger partial charge in [0.1, 0.15) is 18.0 Å². The number of rotatable bonds is 8. The number of nitrogens with zero attached hydrogens (tertiary/aromatic N) is 3. The maximum absolute atomic E-state index is 13.6. The van der Waals surface area contributed by atoms with Crippen LogP contribution in [0.5, 0.6) is 0 Å². The lowest BCUT2D eigenvalue weighted by atomic mass is 9.96. The van der Waals surface area contributed by atoms with E-state index < -0.39 is 5.82 Å². The molecule has 1 fully saturated rings. The Bertz CT molecular complexity index is 1210. The summed E-state index contributed by atoms with van der Waals surface area (Å²) in [6, 6.07) is 8.24. The minimum absolute atomic E-state index is 0.0156. The Morgan fingerprint density at radius 1 is 1.29 bits per heavy atom. The summed E-state index contributed by atoms with van der Waals surface area (Å²) in [7, 11) is 3.88. The third-order valence-corrected chi connectivity index (χ3v) is 5.86. The van der Waals surface area contributed by atoms with E-state index in [1.807, 2.05) is 37.2 Å². The Labute approximate surface area is 203 Å². The summed E-state index contributed by atoms with van der Waals surface area (Å²) in [5.41, 5.74) is 3.03. The third kappa shape index (κ3) is 6.08. The first-order chi connectivity index (χ1) is 16.4. The first-order valence-electron chi connectivity index (χ1n) is 11.1. The van der Waals surface area contributed by atoms with Crippen molar-refractivity contribution in [1.29, 1.82) is 0 Å². The summed E-state index contributed by atoms with van der Waals surface area (Å²) in [6.07, 6.45) is 6.58. The van der Waals surface area contributed by atoms with E-state index in [1.54, 1.807) is 6.07 Å². The summed E-state index contributed by atoms with van der Waals surface area (Å²) in [6.45, 7) is 2.12.